The summed E-state index contributed by atoms with van der Waals surface area (Å²) in [6.45, 7) is 1.88. The number of fused-ring (bicyclic) bond motifs is 1. The number of oxazole rings is 1. The first-order chi connectivity index (χ1) is 8.16. The first kappa shape index (κ1) is 9.96. The van der Waals surface area contributed by atoms with Crippen molar-refractivity contribution in [2.75, 3.05) is 5.73 Å². The molecule has 2 N–H and O–H groups in total. The van der Waals surface area contributed by atoms with E-state index in [2.05, 4.69) is 27.9 Å². The van der Waals surface area contributed by atoms with Gasteiger partial charge in [-0.2, -0.15) is 4.98 Å². The second-order valence-electron chi connectivity index (χ2n) is 4.13. The summed E-state index contributed by atoms with van der Waals surface area (Å²) in [5, 5.41) is 1.16. The molecule has 0 saturated carbocycles. The number of benzene rings is 1. The maximum absolute atomic E-state index is 5.58. The lowest BCUT2D eigenvalue weighted by Gasteiger charge is -1.94. The number of nitrogens with zero attached hydrogens (tertiary/aromatic N) is 2. The van der Waals surface area contributed by atoms with E-state index in [4.69, 9.17) is 10.2 Å². The fourth-order valence-corrected chi connectivity index (χ4v) is 2.20. The van der Waals surface area contributed by atoms with Crippen molar-refractivity contribution in [1.29, 1.82) is 0 Å². The minimum Gasteiger partial charge on any atom is -0.429 e. The number of nitrogens with two attached hydrogens (primary N) is 1. The van der Waals surface area contributed by atoms with Crippen LogP contribution in [-0.2, 0) is 7.05 Å². The van der Waals surface area contributed by atoms with E-state index >= 15 is 0 Å². The summed E-state index contributed by atoms with van der Waals surface area (Å²) in [6, 6.07) is 8.42. The Morgan fingerprint density at radius 1 is 1.29 bits per heavy atom. The van der Waals surface area contributed by atoms with Crippen LogP contribution in [0.25, 0.3) is 22.2 Å². The van der Waals surface area contributed by atoms with Crippen LogP contribution in [0.4, 0.5) is 6.01 Å². The van der Waals surface area contributed by atoms with Crippen molar-refractivity contribution in [3.8, 4) is 11.3 Å². The van der Waals surface area contributed by atoms with Crippen LogP contribution >= 0.6 is 0 Å². The molecule has 3 aromatic rings. The van der Waals surface area contributed by atoms with Gasteiger partial charge in [0.1, 0.15) is 11.5 Å². The Morgan fingerprint density at radius 3 is 2.76 bits per heavy atom. The summed E-state index contributed by atoms with van der Waals surface area (Å²) in [6.07, 6.45) is 2.05. The minimum atomic E-state index is 0.213. The Labute approximate surface area is 98.7 Å². The molecule has 0 atom stereocenters. The van der Waals surface area contributed by atoms with E-state index < -0.39 is 0 Å². The number of aromatic nitrogens is 2. The molecule has 2 aromatic heterocycles. The Hall–Kier alpha value is -2.23. The lowest BCUT2D eigenvalue weighted by Crippen LogP contribution is -1.83. The molecule has 0 aliphatic heterocycles. The first-order valence-corrected chi connectivity index (χ1v) is 5.44. The van der Waals surface area contributed by atoms with Gasteiger partial charge in [0, 0.05) is 29.7 Å². The van der Waals surface area contributed by atoms with Gasteiger partial charge in [-0.3, -0.25) is 0 Å². The molecule has 2 heterocycles. The third-order valence-corrected chi connectivity index (χ3v) is 2.97. The Bertz CT molecular complexity index is 694. The predicted octanol–water partition coefficient (Wildman–Crippen LogP) is 2.72. The van der Waals surface area contributed by atoms with Gasteiger partial charge in [0.15, 0.2) is 0 Å². The number of para-hydroxylation sites is 1. The summed E-state index contributed by atoms with van der Waals surface area (Å²) in [4.78, 5) is 4.24. The molecule has 0 bridgehead atoms. The van der Waals surface area contributed by atoms with Crippen molar-refractivity contribution in [2.24, 2.45) is 7.05 Å². The van der Waals surface area contributed by atoms with Crippen molar-refractivity contribution in [3.05, 3.63) is 36.2 Å². The van der Waals surface area contributed by atoms with Gasteiger partial charge in [-0.15, -0.1) is 0 Å². The van der Waals surface area contributed by atoms with Crippen LogP contribution in [0.3, 0.4) is 0 Å². The largest absolute Gasteiger partial charge is 0.429 e. The number of aryl methyl sites for hydroxylation is 2. The fraction of sp³-hybridized carbons (Fsp3) is 0.154. The molecule has 0 aliphatic rings. The van der Waals surface area contributed by atoms with Crippen molar-refractivity contribution in [1.82, 2.24) is 9.55 Å². The molecule has 1 aromatic carbocycles. The average Bonchev–Trinajstić information content (AvgIpc) is 2.80. The highest BCUT2D eigenvalue weighted by atomic mass is 16.4. The molecule has 86 valence electrons. The fourth-order valence-electron chi connectivity index (χ4n) is 2.20. The van der Waals surface area contributed by atoms with Gasteiger partial charge in [-0.25, -0.2) is 0 Å². The molecule has 0 aliphatic carbocycles. The molecule has 0 radical (unpaired) electrons. The van der Waals surface area contributed by atoms with Crippen LogP contribution in [0.1, 0.15) is 5.76 Å². The van der Waals surface area contributed by atoms with E-state index in [1.807, 2.05) is 26.1 Å². The highest BCUT2D eigenvalue weighted by Gasteiger charge is 2.14. The van der Waals surface area contributed by atoms with Gasteiger partial charge >= 0.3 is 0 Å². The third kappa shape index (κ3) is 1.41. The van der Waals surface area contributed by atoms with Crippen molar-refractivity contribution in [2.45, 2.75) is 6.92 Å². The van der Waals surface area contributed by atoms with Crippen LogP contribution in [0.15, 0.2) is 34.9 Å². The topological polar surface area (TPSA) is 57.0 Å². The molecule has 17 heavy (non-hydrogen) atoms. The number of rotatable bonds is 1. The monoisotopic (exact) mass is 227 g/mol. The number of hydrogen-bond donors (Lipinski definition) is 1. The molecular formula is C13H13N3O. The van der Waals surface area contributed by atoms with Crippen LogP contribution in [-0.4, -0.2) is 9.55 Å². The van der Waals surface area contributed by atoms with Gasteiger partial charge in [0.2, 0.25) is 0 Å². The lowest BCUT2D eigenvalue weighted by molar-refractivity contribution is 0.549. The number of hydrogen-bond acceptors (Lipinski definition) is 3. The van der Waals surface area contributed by atoms with Crippen molar-refractivity contribution >= 4 is 16.9 Å². The Morgan fingerprint density at radius 2 is 2.06 bits per heavy atom. The van der Waals surface area contributed by atoms with E-state index in [0.29, 0.717) is 0 Å². The summed E-state index contributed by atoms with van der Waals surface area (Å²) in [7, 11) is 2.02. The summed E-state index contributed by atoms with van der Waals surface area (Å²) in [5.74, 6) is 0.749. The Balaban J connectivity index is 2.34. The molecule has 4 heteroatoms. The van der Waals surface area contributed by atoms with Crippen LogP contribution in [0, 0.1) is 6.92 Å². The molecule has 0 amide bonds. The van der Waals surface area contributed by atoms with Crippen molar-refractivity contribution < 1.29 is 4.42 Å². The highest BCUT2D eigenvalue weighted by Crippen LogP contribution is 2.32. The molecule has 0 fully saturated rings. The highest BCUT2D eigenvalue weighted by molar-refractivity contribution is 5.95. The normalized spacial score (nSPS) is 11.2. The number of nitrogen functional groups attached to an aromatic ring is 1. The van der Waals surface area contributed by atoms with E-state index in [0.717, 1.165) is 22.4 Å². The van der Waals surface area contributed by atoms with Crippen LogP contribution in [0.2, 0.25) is 0 Å². The van der Waals surface area contributed by atoms with Crippen LogP contribution in [0.5, 0.6) is 0 Å². The lowest BCUT2D eigenvalue weighted by atomic mass is 10.1. The zero-order chi connectivity index (χ0) is 12.0. The predicted molar refractivity (Wildman–Crippen MR) is 67.6 cm³/mol. The minimum absolute atomic E-state index is 0.213. The number of anilines is 1. The van der Waals surface area contributed by atoms with E-state index in [-0.39, 0.29) is 6.01 Å². The molecule has 4 nitrogen and oxygen atoms in total. The standard InChI is InChI=1S/C13H13N3O/c1-8-12(15-13(14)17-8)10-7-16(2)11-6-4-3-5-9(10)11/h3-7H,1-2H3,(H2,14,15). The van der Waals surface area contributed by atoms with Gasteiger partial charge in [0.25, 0.3) is 6.01 Å². The molecule has 0 unspecified atom stereocenters. The van der Waals surface area contributed by atoms with E-state index in [9.17, 15) is 0 Å². The quantitative estimate of drug-likeness (QED) is 0.695. The second kappa shape index (κ2) is 3.38. The maximum Gasteiger partial charge on any atom is 0.292 e. The molecular weight excluding hydrogens is 214 g/mol. The van der Waals surface area contributed by atoms with Gasteiger partial charge in [-0.05, 0) is 13.0 Å². The zero-order valence-electron chi connectivity index (χ0n) is 9.77. The Kier molecular flexibility index (Phi) is 1.98. The molecule has 0 spiro atoms. The SMILES string of the molecule is Cc1oc(N)nc1-c1cn(C)c2ccccc12. The summed E-state index contributed by atoms with van der Waals surface area (Å²) >= 11 is 0. The first-order valence-electron chi connectivity index (χ1n) is 5.44. The molecule has 3 rings (SSSR count). The maximum atomic E-state index is 5.58. The van der Waals surface area contributed by atoms with E-state index in [1.54, 1.807) is 0 Å². The van der Waals surface area contributed by atoms with Crippen LogP contribution < -0.4 is 5.73 Å². The van der Waals surface area contributed by atoms with E-state index in [1.165, 1.54) is 5.52 Å². The summed E-state index contributed by atoms with van der Waals surface area (Å²) in [5.41, 5.74) is 8.63. The van der Waals surface area contributed by atoms with Gasteiger partial charge in [-0.1, -0.05) is 18.2 Å². The average molecular weight is 227 g/mol. The van der Waals surface area contributed by atoms with Gasteiger partial charge in [0.05, 0.1) is 0 Å². The molecule has 0 saturated heterocycles. The third-order valence-electron chi connectivity index (χ3n) is 2.97. The summed E-state index contributed by atoms with van der Waals surface area (Å²) < 4.78 is 7.36. The van der Waals surface area contributed by atoms with Crippen molar-refractivity contribution in [3.63, 3.8) is 0 Å². The second-order valence-corrected chi connectivity index (χ2v) is 4.13. The zero-order valence-corrected chi connectivity index (χ0v) is 9.77. The van der Waals surface area contributed by atoms with Gasteiger partial charge < -0.3 is 14.7 Å². The smallest absolute Gasteiger partial charge is 0.292 e.